The van der Waals surface area contributed by atoms with Crippen LogP contribution in [0.5, 0.6) is 0 Å². The van der Waals surface area contributed by atoms with Crippen molar-refractivity contribution < 1.29 is 0 Å². The van der Waals surface area contributed by atoms with E-state index in [4.69, 9.17) is 0 Å². The van der Waals surface area contributed by atoms with Gasteiger partial charge in [-0.25, -0.2) is 0 Å². The summed E-state index contributed by atoms with van der Waals surface area (Å²) in [5, 5.41) is 1.18. The topological polar surface area (TPSA) is 3.24 Å². The molecule has 0 aromatic carbocycles. The van der Waals surface area contributed by atoms with E-state index in [2.05, 4.69) is 39.9 Å². The van der Waals surface area contributed by atoms with Crippen molar-refractivity contribution in [2.45, 2.75) is 32.7 Å². The summed E-state index contributed by atoms with van der Waals surface area (Å²) in [6.45, 7) is 5.95. The molecular formula is C13H20BrNS. The summed E-state index contributed by atoms with van der Waals surface area (Å²) in [5.74, 6) is 0.908. The van der Waals surface area contributed by atoms with Crippen molar-refractivity contribution in [3.8, 4) is 0 Å². The van der Waals surface area contributed by atoms with Crippen LogP contribution < -0.4 is 0 Å². The van der Waals surface area contributed by atoms with Crippen molar-refractivity contribution in [3.05, 3.63) is 21.9 Å². The number of hydrogen-bond donors (Lipinski definition) is 0. The molecule has 90 valence electrons. The molecule has 1 aliphatic rings. The maximum Gasteiger partial charge on any atom is 0.0328 e. The zero-order valence-electron chi connectivity index (χ0n) is 9.92. The summed E-state index contributed by atoms with van der Waals surface area (Å²) in [5.41, 5.74) is 0. The Morgan fingerprint density at radius 2 is 2.00 bits per heavy atom. The van der Waals surface area contributed by atoms with Gasteiger partial charge in [-0.05, 0) is 50.4 Å². The Morgan fingerprint density at radius 3 is 2.56 bits per heavy atom. The first-order valence-electron chi connectivity index (χ1n) is 6.17. The minimum absolute atomic E-state index is 0.908. The van der Waals surface area contributed by atoms with Crippen LogP contribution >= 0.6 is 27.3 Å². The van der Waals surface area contributed by atoms with E-state index in [0.29, 0.717) is 0 Å². The third-order valence-corrected chi connectivity index (χ3v) is 5.50. The summed E-state index contributed by atoms with van der Waals surface area (Å²) in [7, 11) is 0. The van der Waals surface area contributed by atoms with Gasteiger partial charge in [-0.1, -0.05) is 22.9 Å². The number of alkyl halides is 1. The number of rotatable bonds is 4. The van der Waals surface area contributed by atoms with Crippen molar-refractivity contribution >= 4 is 27.3 Å². The minimum Gasteiger partial charge on any atom is -0.298 e. The molecule has 1 aromatic heterocycles. The van der Waals surface area contributed by atoms with Gasteiger partial charge in [-0.15, -0.1) is 11.3 Å². The predicted molar refractivity (Wildman–Crippen MR) is 75.5 cm³/mol. The molecule has 1 aliphatic heterocycles. The molecule has 0 bridgehead atoms. The zero-order valence-corrected chi connectivity index (χ0v) is 12.3. The smallest absolute Gasteiger partial charge is 0.0328 e. The van der Waals surface area contributed by atoms with E-state index < -0.39 is 0 Å². The molecule has 0 atom stereocenters. The van der Waals surface area contributed by atoms with Crippen molar-refractivity contribution in [2.24, 2.45) is 5.92 Å². The predicted octanol–water partition coefficient (Wildman–Crippen LogP) is 3.92. The van der Waals surface area contributed by atoms with E-state index in [1.165, 1.54) is 54.0 Å². The second-order valence-electron chi connectivity index (χ2n) is 4.60. The molecule has 1 aromatic rings. The molecule has 0 aliphatic carbocycles. The molecule has 1 fully saturated rings. The Hall–Kier alpha value is 0.140. The first kappa shape index (κ1) is 12.6. The van der Waals surface area contributed by atoms with Crippen LogP contribution in [0.4, 0.5) is 0 Å². The van der Waals surface area contributed by atoms with Crippen LogP contribution in [0, 0.1) is 5.92 Å². The summed E-state index contributed by atoms with van der Waals surface area (Å²) in [4.78, 5) is 5.66. The van der Waals surface area contributed by atoms with Crippen molar-refractivity contribution in [1.29, 1.82) is 0 Å². The monoisotopic (exact) mass is 301 g/mol. The third kappa shape index (κ3) is 3.31. The number of likely N-dealkylation sites (tertiary alicyclic amines) is 1. The van der Waals surface area contributed by atoms with Crippen LogP contribution in [-0.2, 0) is 13.0 Å². The Balaban J connectivity index is 1.82. The molecule has 0 spiro atoms. The highest BCUT2D eigenvalue weighted by Crippen LogP contribution is 2.23. The molecule has 0 saturated carbocycles. The molecule has 2 heterocycles. The van der Waals surface area contributed by atoms with Gasteiger partial charge in [-0.2, -0.15) is 0 Å². The van der Waals surface area contributed by atoms with Crippen LogP contribution in [-0.4, -0.2) is 23.3 Å². The SMILES string of the molecule is CCc1ccc(CN2CCC(CBr)CC2)s1. The highest BCUT2D eigenvalue weighted by molar-refractivity contribution is 9.09. The van der Waals surface area contributed by atoms with E-state index in [9.17, 15) is 0 Å². The van der Waals surface area contributed by atoms with Crippen molar-refractivity contribution in [2.75, 3.05) is 18.4 Å². The Labute approximate surface area is 111 Å². The fraction of sp³-hybridized carbons (Fsp3) is 0.692. The van der Waals surface area contributed by atoms with Gasteiger partial charge < -0.3 is 0 Å². The number of piperidine rings is 1. The van der Waals surface area contributed by atoms with Gasteiger partial charge in [0.15, 0.2) is 0 Å². The molecule has 0 unspecified atom stereocenters. The van der Waals surface area contributed by atoms with Crippen molar-refractivity contribution in [3.63, 3.8) is 0 Å². The number of halogens is 1. The molecule has 1 saturated heterocycles. The average Bonchev–Trinajstić information content (AvgIpc) is 2.78. The molecule has 1 nitrogen and oxygen atoms in total. The molecule has 0 amide bonds. The quantitative estimate of drug-likeness (QED) is 0.762. The maximum absolute atomic E-state index is 3.59. The molecule has 0 N–H and O–H groups in total. The highest BCUT2D eigenvalue weighted by Gasteiger charge is 2.18. The number of nitrogens with zero attached hydrogens (tertiary/aromatic N) is 1. The average molecular weight is 302 g/mol. The van der Waals surface area contributed by atoms with Gasteiger partial charge in [0.05, 0.1) is 0 Å². The number of aryl methyl sites for hydroxylation is 1. The van der Waals surface area contributed by atoms with Gasteiger partial charge in [0, 0.05) is 21.6 Å². The van der Waals surface area contributed by atoms with Crippen LogP contribution in [0.2, 0.25) is 0 Å². The van der Waals surface area contributed by atoms with Gasteiger partial charge in [0.25, 0.3) is 0 Å². The van der Waals surface area contributed by atoms with E-state index in [-0.39, 0.29) is 0 Å². The molecule has 16 heavy (non-hydrogen) atoms. The Morgan fingerprint density at radius 1 is 1.31 bits per heavy atom. The second kappa shape index (κ2) is 6.18. The van der Waals surface area contributed by atoms with Crippen LogP contribution in [0.3, 0.4) is 0 Å². The van der Waals surface area contributed by atoms with Gasteiger partial charge >= 0.3 is 0 Å². The normalized spacial score (nSPS) is 19.1. The lowest BCUT2D eigenvalue weighted by Crippen LogP contribution is -2.33. The summed E-state index contributed by atoms with van der Waals surface area (Å²) in [6.07, 6.45) is 3.89. The number of hydrogen-bond acceptors (Lipinski definition) is 2. The summed E-state index contributed by atoms with van der Waals surface area (Å²) >= 11 is 5.58. The first-order valence-corrected chi connectivity index (χ1v) is 8.11. The summed E-state index contributed by atoms with van der Waals surface area (Å²) < 4.78 is 0. The fourth-order valence-corrected chi connectivity index (χ4v) is 3.86. The lowest BCUT2D eigenvalue weighted by molar-refractivity contribution is 0.189. The maximum atomic E-state index is 3.59. The molecular weight excluding hydrogens is 282 g/mol. The van der Waals surface area contributed by atoms with E-state index in [1.807, 2.05) is 11.3 Å². The Kier molecular flexibility index (Phi) is 4.86. The highest BCUT2D eigenvalue weighted by atomic mass is 79.9. The van der Waals surface area contributed by atoms with Crippen LogP contribution in [0.1, 0.15) is 29.5 Å². The fourth-order valence-electron chi connectivity index (χ4n) is 2.22. The van der Waals surface area contributed by atoms with Crippen LogP contribution in [0.25, 0.3) is 0 Å². The zero-order chi connectivity index (χ0) is 11.4. The van der Waals surface area contributed by atoms with Crippen LogP contribution in [0.15, 0.2) is 12.1 Å². The van der Waals surface area contributed by atoms with E-state index >= 15 is 0 Å². The minimum atomic E-state index is 0.908. The van der Waals surface area contributed by atoms with Crippen molar-refractivity contribution in [1.82, 2.24) is 4.90 Å². The first-order chi connectivity index (χ1) is 7.81. The molecule has 0 radical (unpaired) electrons. The van der Waals surface area contributed by atoms with Gasteiger partial charge in [-0.3, -0.25) is 4.90 Å². The third-order valence-electron chi connectivity index (χ3n) is 3.37. The second-order valence-corrected chi connectivity index (χ2v) is 6.50. The summed E-state index contributed by atoms with van der Waals surface area (Å²) in [6, 6.07) is 4.59. The number of thiophene rings is 1. The van der Waals surface area contributed by atoms with Gasteiger partial charge in [0.1, 0.15) is 0 Å². The van der Waals surface area contributed by atoms with Gasteiger partial charge in [0.2, 0.25) is 0 Å². The largest absolute Gasteiger partial charge is 0.298 e. The molecule has 3 heteroatoms. The lowest BCUT2D eigenvalue weighted by atomic mass is 9.99. The van der Waals surface area contributed by atoms with E-state index in [1.54, 1.807) is 0 Å². The lowest BCUT2D eigenvalue weighted by Gasteiger charge is -2.30. The Bertz CT molecular complexity index is 315. The molecule has 2 rings (SSSR count). The van der Waals surface area contributed by atoms with E-state index in [0.717, 1.165) is 5.92 Å². The standard InChI is InChI=1S/C13H20BrNS/c1-2-12-3-4-13(16-12)10-15-7-5-11(9-14)6-8-15/h3-4,11H,2,5-10H2,1H3.